The molecule has 0 fully saturated rings. The van der Waals surface area contributed by atoms with Crippen LogP contribution in [0, 0.1) is 0 Å². The van der Waals surface area contributed by atoms with Crippen LogP contribution >= 0.6 is 0 Å². The number of hydrogen-bond donors (Lipinski definition) is 0. The molecule has 0 aliphatic heterocycles. The molecule has 0 atom stereocenters. The molecule has 1 heterocycles. The Morgan fingerprint density at radius 3 is 1.67 bits per heavy atom. The van der Waals surface area contributed by atoms with E-state index < -0.39 is 0 Å². The van der Waals surface area contributed by atoms with Gasteiger partial charge in [-0.25, -0.2) is 0 Å². The zero-order valence-electron chi connectivity index (χ0n) is 29.4. The van der Waals surface area contributed by atoms with Crippen molar-refractivity contribution in [2.45, 2.75) is 0 Å². The monoisotopic (exact) mass is 687 g/mol. The molecule has 0 saturated heterocycles. The Morgan fingerprint density at radius 2 is 0.833 bits per heavy atom. The third kappa shape index (κ3) is 5.03. The predicted molar refractivity (Wildman–Crippen MR) is 229 cm³/mol. The van der Waals surface area contributed by atoms with Gasteiger partial charge in [-0.05, 0) is 132 Å². The van der Waals surface area contributed by atoms with Crippen LogP contribution < -0.4 is 4.90 Å². The maximum Gasteiger partial charge on any atom is 0.136 e. The fourth-order valence-corrected chi connectivity index (χ4v) is 8.30. The van der Waals surface area contributed by atoms with Gasteiger partial charge in [-0.1, -0.05) is 133 Å². The number of rotatable bonds is 5. The van der Waals surface area contributed by atoms with Gasteiger partial charge in [-0.15, -0.1) is 0 Å². The van der Waals surface area contributed by atoms with E-state index in [1.807, 2.05) is 0 Å². The first-order chi connectivity index (χ1) is 26.7. The van der Waals surface area contributed by atoms with Crippen molar-refractivity contribution in [1.29, 1.82) is 0 Å². The van der Waals surface area contributed by atoms with Crippen molar-refractivity contribution in [2.75, 3.05) is 4.90 Å². The van der Waals surface area contributed by atoms with Crippen LogP contribution in [0.2, 0.25) is 0 Å². The molecule has 0 amide bonds. The van der Waals surface area contributed by atoms with Crippen molar-refractivity contribution < 1.29 is 4.42 Å². The molecule has 0 aliphatic carbocycles. The number of anilines is 3. The van der Waals surface area contributed by atoms with Crippen molar-refractivity contribution in [2.24, 2.45) is 0 Å². The van der Waals surface area contributed by atoms with Gasteiger partial charge in [-0.3, -0.25) is 0 Å². The molecule has 54 heavy (non-hydrogen) atoms. The number of fused-ring (bicyclic) bond motifs is 8. The van der Waals surface area contributed by atoms with Crippen molar-refractivity contribution >= 4 is 82.1 Å². The second-order valence-electron chi connectivity index (χ2n) is 14.2. The molecule has 2 heteroatoms. The van der Waals surface area contributed by atoms with E-state index in [0.29, 0.717) is 0 Å². The summed E-state index contributed by atoms with van der Waals surface area (Å²) in [4.78, 5) is 2.36. The van der Waals surface area contributed by atoms with Crippen LogP contribution in [0.1, 0.15) is 0 Å². The first kappa shape index (κ1) is 30.5. The second-order valence-corrected chi connectivity index (χ2v) is 14.2. The van der Waals surface area contributed by atoms with Crippen molar-refractivity contribution in [3.8, 4) is 22.3 Å². The molecule has 0 saturated carbocycles. The van der Waals surface area contributed by atoms with Crippen molar-refractivity contribution in [3.63, 3.8) is 0 Å². The Labute approximate surface area is 312 Å². The number of furan rings is 1. The number of hydrogen-bond acceptors (Lipinski definition) is 2. The Bertz CT molecular complexity index is 3210. The summed E-state index contributed by atoms with van der Waals surface area (Å²) in [5.41, 5.74) is 9.91. The molecule has 1 aromatic heterocycles. The summed E-state index contributed by atoms with van der Waals surface area (Å²) < 4.78 is 6.41. The molecule has 0 spiro atoms. The summed E-state index contributed by atoms with van der Waals surface area (Å²) in [5.74, 6) is 0. The summed E-state index contributed by atoms with van der Waals surface area (Å²) in [6.45, 7) is 0. The molecule has 0 radical (unpaired) electrons. The lowest BCUT2D eigenvalue weighted by Gasteiger charge is -2.26. The summed E-state index contributed by atoms with van der Waals surface area (Å²) in [7, 11) is 0. The largest absolute Gasteiger partial charge is 0.456 e. The highest BCUT2D eigenvalue weighted by Gasteiger charge is 2.17. The molecule has 0 bridgehead atoms. The number of benzene rings is 10. The van der Waals surface area contributed by atoms with E-state index in [1.165, 1.54) is 65.3 Å². The SMILES string of the molecule is c1ccc(-c2ccc(N(c3ccc4cc(-c5cc6ccccc6c6ccccc56)ccc4c3)c3ccc4oc5cc6ccccc6cc5c4c3)cc2)cc1. The minimum Gasteiger partial charge on any atom is -0.456 e. The smallest absolute Gasteiger partial charge is 0.136 e. The molecule has 0 unspecified atom stereocenters. The Morgan fingerprint density at radius 1 is 0.278 bits per heavy atom. The molecule has 0 aliphatic rings. The van der Waals surface area contributed by atoms with E-state index in [2.05, 4.69) is 205 Å². The molecular formula is C52H33NO. The minimum absolute atomic E-state index is 0.885. The topological polar surface area (TPSA) is 16.4 Å². The van der Waals surface area contributed by atoms with Crippen LogP contribution in [-0.4, -0.2) is 0 Å². The summed E-state index contributed by atoms with van der Waals surface area (Å²) in [6.07, 6.45) is 0. The Hall–Kier alpha value is -7.16. The van der Waals surface area contributed by atoms with E-state index in [4.69, 9.17) is 4.42 Å². The van der Waals surface area contributed by atoms with Crippen LogP contribution in [-0.2, 0) is 0 Å². The lowest BCUT2D eigenvalue weighted by Crippen LogP contribution is -2.09. The fraction of sp³-hybridized carbons (Fsp3) is 0. The quantitative estimate of drug-likeness (QED) is 0.168. The number of nitrogens with zero attached hydrogens (tertiary/aromatic N) is 1. The summed E-state index contributed by atoms with van der Waals surface area (Å²) in [6, 6.07) is 72.4. The molecule has 10 aromatic carbocycles. The maximum absolute atomic E-state index is 6.41. The van der Waals surface area contributed by atoms with Gasteiger partial charge in [0.15, 0.2) is 0 Å². The van der Waals surface area contributed by atoms with Crippen molar-refractivity contribution in [1.82, 2.24) is 0 Å². The lowest BCUT2D eigenvalue weighted by molar-refractivity contribution is 0.669. The fourth-order valence-electron chi connectivity index (χ4n) is 8.30. The molecule has 0 N–H and O–H groups in total. The van der Waals surface area contributed by atoms with Gasteiger partial charge in [0.25, 0.3) is 0 Å². The maximum atomic E-state index is 6.41. The lowest BCUT2D eigenvalue weighted by atomic mass is 9.92. The van der Waals surface area contributed by atoms with Crippen LogP contribution in [0.15, 0.2) is 205 Å². The van der Waals surface area contributed by atoms with Gasteiger partial charge in [0.2, 0.25) is 0 Å². The van der Waals surface area contributed by atoms with Crippen molar-refractivity contribution in [3.05, 3.63) is 200 Å². The van der Waals surface area contributed by atoms with E-state index in [-0.39, 0.29) is 0 Å². The minimum atomic E-state index is 0.885. The third-order valence-electron chi connectivity index (χ3n) is 11.0. The van der Waals surface area contributed by atoms with Gasteiger partial charge in [-0.2, -0.15) is 0 Å². The molecule has 11 rings (SSSR count). The van der Waals surface area contributed by atoms with Crippen LogP contribution in [0.25, 0.3) is 87.3 Å². The summed E-state index contributed by atoms with van der Waals surface area (Å²) in [5, 5.41) is 12.1. The average Bonchev–Trinajstić information content (AvgIpc) is 3.59. The van der Waals surface area contributed by atoms with Gasteiger partial charge in [0.05, 0.1) is 0 Å². The standard InChI is InChI=1S/C52H33NO/c1-2-10-34(11-3-1)35-20-23-42(24-21-35)53(44-26-27-51-50(33-44)49-30-36-12-4-5-13-37(36)32-52(49)54-51)43-25-22-38-28-41(19-18-39(38)29-43)48-31-40-14-6-7-15-45(40)46-16-8-9-17-47(46)48/h1-33H. The normalized spacial score (nSPS) is 11.7. The zero-order valence-corrected chi connectivity index (χ0v) is 29.4. The summed E-state index contributed by atoms with van der Waals surface area (Å²) >= 11 is 0. The second kappa shape index (κ2) is 12.2. The van der Waals surface area contributed by atoms with Crippen LogP contribution in [0.5, 0.6) is 0 Å². The van der Waals surface area contributed by atoms with E-state index in [1.54, 1.807) is 0 Å². The highest BCUT2D eigenvalue weighted by molar-refractivity contribution is 6.14. The first-order valence-electron chi connectivity index (χ1n) is 18.5. The van der Waals surface area contributed by atoms with Crippen LogP contribution in [0.3, 0.4) is 0 Å². The Balaban J connectivity index is 1.06. The van der Waals surface area contributed by atoms with Crippen LogP contribution in [0.4, 0.5) is 17.1 Å². The average molecular weight is 688 g/mol. The van der Waals surface area contributed by atoms with Gasteiger partial charge in [0.1, 0.15) is 11.2 Å². The molecule has 2 nitrogen and oxygen atoms in total. The highest BCUT2D eigenvalue weighted by Crippen LogP contribution is 2.42. The Kier molecular flexibility index (Phi) is 6.90. The zero-order chi connectivity index (χ0) is 35.6. The van der Waals surface area contributed by atoms with Gasteiger partial charge in [0, 0.05) is 27.8 Å². The highest BCUT2D eigenvalue weighted by atomic mass is 16.3. The van der Waals surface area contributed by atoms with Gasteiger partial charge >= 0.3 is 0 Å². The third-order valence-corrected chi connectivity index (χ3v) is 11.0. The molecule has 11 aromatic rings. The van der Waals surface area contributed by atoms with Gasteiger partial charge < -0.3 is 9.32 Å². The van der Waals surface area contributed by atoms with E-state index >= 15 is 0 Å². The molecule has 252 valence electrons. The van der Waals surface area contributed by atoms with E-state index in [0.717, 1.165) is 39.0 Å². The first-order valence-corrected chi connectivity index (χ1v) is 18.5. The van der Waals surface area contributed by atoms with E-state index in [9.17, 15) is 0 Å². The molecular weight excluding hydrogens is 655 g/mol. The predicted octanol–water partition coefficient (Wildman–Crippen LogP) is 15.0.